The lowest BCUT2D eigenvalue weighted by atomic mass is 9.78. The standard InChI is InChI=1S/C21H21F3N6/c22-21(23,24)15-11-27-12-16-17(15)19(29-18(28-16)14-1-6-25-7-2-14)30-9-4-20(5-10-30)3-8-26-13-20/h1-2,6-7,11-12,26H,3-5,8-10,13H2. The van der Waals surface area contributed by atoms with E-state index in [9.17, 15) is 13.2 Å². The predicted octanol–water partition coefficient (Wildman–Crippen LogP) is 3.69. The van der Waals surface area contributed by atoms with E-state index < -0.39 is 11.7 Å². The van der Waals surface area contributed by atoms with E-state index in [2.05, 4.69) is 25.3 Å². The molecule has 3 aromatic rings. The van der Waals surface area contributed by atoms with Crippen LogP contribution in [0.15, 0.2) is 36.9 Å². The highest BCUT2D eigenvalue weighted by Gasteiger charge is 2.39. The fourth-order valence-electron chi connectivity index (χ4n) is 4.55. The lowest BCUT2D eigenvalue weighted by Gasteiger charge is -2.40. The van der Waals surface area contributed by atoms with E-state index >= 15 is 0 Å². The molecule has 0 radical (unpaired) electrons. The molecule has 0 bridgehead atoms. The molecule has 0 atom stereocenters. The van der Waals surface area contributed by atoms with Crippen LogP contribution in [0.3, 0.4) is 0 Å². The van der Waals surface area contributed by atoms with Gasteiger partial charge in [-0.25, -0.2) is 9.97 Å². The number of pyridine rings is 2. The second-order valence-electron chi connectivity index (χ2n) is 8.10. The van der Waals surface area contributed by atoms with Gasteiger partial charge in [0.05, 0.1) is 22.7 Å². The minimum atomic E-state index is -4.53. The molecule has 2 aliphatic rings. The number of piperidine rings is 1. The van der Waals surface area contributed by atoms with Gasteiger partial charge < -0.3 is 10.2 Å². The van der Waals surface area contributed by atoms with E-state index in [4.69, 9.17) is 0 Å². The Balaban J connectivity index is 1.64. The first-order valence-electron chi connectivity index (χ1n) is 10.0. The highest BCUT2D eigenvalue weighted by atomic mass is 19.4. The summed E-state index contributed by atoms with van der Waals surface area (Å²) >= 11 is 0. The Morgan fingerprint density at radius 2 is 1.73 bits per heavy atom. The van der Waals surface area contributed by atoms with Gasteiger partial charge in [0.15, 0.2) is 5.82 Å². The summed E-state index contributed by atoms with van der Waals surface area (Å²) in [5.74, 6) is 0.714. The third-order valence-corrected chi connectivity index (χ3v) is 6.29. The van der Waals surface area contributed by atoms with E-state index in [-0.39, 0.29) is 16.3 Å². The summed E-state index contributed by atoms with van der Waals surface area (Å²) in [5, 5.41) is 3.44. The summed E-state index contributed by atoms with van der Waals surface area (Å²) < 4.78 is 41.4. The van der Waals surface area contributed by atoms with Crippen LogP contribution in [0.1, 0.15) is 24.8 Å². The molecule has 1 N–H and O–H groups in total. The van der Waals surface area contributed by atoms with Gasteiger partial charge in [-0.05, 0) is 43.4 Å². The minimum absolute atomic E-state index is 0.0239. The largest absolute Gasteiger partial charge is 0.418 e. The van der Waals surface area contributed by atoms with E-state index in [0.29, 0.717) is 30.3 Å². The molecule has 9 heteroatoms. The summed E-state index contributed by atoms with van der Waals surface area (Å²) in [6.45, 7) is 3.32. The van der Waals surface area contributed by atoms with Crippen molar-refractivity contribution in [2.45, 2.75) is 25.4 Å². The quantitative estimate of drug-likeness (QED) is 0.690. The van der Waals surface area contributed by atoms with Crippen LogP contribution in [-0.4, -0.2) is 46.1 Å². The monoisotopic (exact) mass is 414 g/mol. The van der Waals surface area contributed by atoms with Crippen molar-refractivity contribution in [2.75, 3.05) is 31.1 Å². The van der Waals surface area contributed by atoms with Gasteiger partial charge in [0, 0.05) is 43.8 Å². The number of nitrogens with zero attached hydrogens (tertiary/aromatic N) is 5. The summed E-state index contributed by atoms with van der Waals surface area (Å²) in [6.07, 6.45) is 3.93. The summed E-state index contributed by atoms with van der Waals surface area (Å²) in [7, 11) is 0. The van der Waals surface area contributed by atoms with Gasteiger partial charge >= 0.3 is 6.18 Å². The average Bonchev–Trinajstić information content (AvgIpc) is 3.21. The predicted molar refractivity (Wildman–Crippen MR) is 107 cm³/mol. The molecule has 2 aliphatic heterocycles. The minimum Gasteiger partial charge on any atom is -0.356 e. The number of hydrogen-bond acceptors (Lipinski definition) is 6. The SMILES string of the molecule is FC(F)(F)c1cncc2nc(-c3ccncc3)nc(N3CCC4(CCNC4)CC3)c12. The molecule has 3 aromatic heterocycles. The first-order chi connectivity index (χ1) is 14.5. The van der Waals surface area contributed by atoms with Gasteiger partial charge in [-0.3, -0.25) is 9.97 Å². The topological polar surface area (TPSA) is 66.8 Å². The van der Waals surface area contributed by atoms with Crippen molar-refractivity contribution >= 4 is 16.7 Å². The van der Waals surface area contributed by atoms with Crippen molar-refractivity contribution in [2.24, 2.45) is 5.41 Å². The molecule has 5 heterocycles. The number of fused-ring (bicyclic) bond motifs is 1. The molecule has 2 saturated heterocycles. The maximum absolute atomic E-state index is 13.8. The number of nitrogens with one attached hydrogen (secondary N) is 1. The van der Waals surface area contributed by atoms with Gasteiger partial charge in [-0.2, -0.15) is 13.2 Å². The molecular formula is C21H21F3N6. The lowest BCUT2D eigenvalue weighted by molar-refractivity contribution is -0.136. The molecule has 30 heavy (non-hydrogen) atoms. The zero-order chi connectivity index (χ0) is 20.8. The summed E-state index contributed by atoms with van der Waals surface area (Å²) in [6, 6.07) is 3.50. The Labute approximate surface area is 171 Å². The van der Waals surface area contributed by atoms with Gasteiger partial charge in [0.25, 0.3) is 0 Å². The van der Waals surface area contributed by atoms with E-state index in [0.717, 1.165) is 38.5 Å². The first kappa shape index (κ1) is 19.2. The maximum atomic E-state index is 13.8. The normalized spacial score (nSPS) is 19.0. The molecule has 0 aliphatic carbocycles. The van der Waals surface area contributed by atoms with E-state index in [1.165, 1.54) is 6.20 Å². The lowest BCUT2D eigenvalue weighted by Crippen LogP contribution is -2.41. The molecule has 0 unspecified atom stereocenters. The first-order valence-corrected chi connectivity index (χ1v) is 10.0. The van der Waals surface area contributed by atoms with E-state index in [1.807, 2.05) is 4.90 Å². The van der Waals surface area contributed by atoms with E-state index in [1.54, 1.807) is 24.5 Å². The van der Waals surface area contributed by atoms with Crippen LogP contribution in [0, 0.1) is 5.41 Å². The zero-order valence-corrected chi connectivity index (χ0v) is 16.3. The molecule has 0 saturated carbocycles. The van der Waals surface area contributed by atoms with Gasteiger partial charge in [0.2, 0.25) is 0 Å². The Kier molecular flexibility index (Phi) is 4.57. The fourth-order valence-corrected chi connectivity index (χ4v) is 4.55. The van der Waals surface area contributed by atoms with Crippen LogP contribution in [0.4, 0.5) is 19.0 Å². The van der Waals surface area contributed by atoms with Crippen LogP contribution in [-0.2, 0) is 6.18 Å². The van der Waals surface area contributed by atoms with Gasteiger partial charge in [0.1, 0.15) is 5.82 Å². The Bertz CT molecular complexity index is 1050. The number of anilines is 1. The Hall–Kier alpha value is -2.81. The fraction of sp³-hybridized carbons (Fsp3) is 0.429. The highest BCUT2D eigenvalue weighted by Crippen LogP contribution is 2.42. The van der Waals surface area contributed by atoms with Crippen molar-refractivity contribution < 1.29 is 13.2 Å². The van der Waals surface area contributed by atoms with Gasteiger partial charge in [-0.15, -0.1) is 0 Å². The molecular weight excluding hydrogens is 393 g/mol. The summed E-state index contributed by atoms with van der Waals surface area (Å²) in [5.41, 5.74) is 0.365. The van der Waals surface area contributed by atoms with Crippen LogP contribution < -0.4 is 10.2 Å². The van der Waals surface area contributed by atoms with Crippen LogP contribution in [0.5, 0.6) is 0 Å². The number of alkyl halides is 3. The van der Waals surface area contributed by atoms with Crippen molar-refractivity contribution in [1.82, 2.24) is 25.3 Å². The molecule has 2 fully saturated rings. The van der Waals surface area contributed by atoms with Crippen molar-refractivity contribution in [3.05, 3.63) is 42.5 Å². The second kappa shape index (κ2) is 7.16. The number of halogens is 3. The average molecular weight is 414 g/mol. The van der Waals surface area contributed by atoms with Crippen molar-refractivity contribution in [1.29, 1.82) is 0 Å². The molecule has 6 nitrogen and oxygen atoms in total. The van der Waals surface area contributed by atoms with Crippen LogP contribution >= 0.6 is 0 Å². The Morgan fingerprint density at radius 3 is 2.40 bits per heavy atom. The molecule has 5 rings (SSSR count). The molecule has 0 aromatic carbocycles. The number of rotatable bonds is 2. The smallest absolute Gasteiger partial charge is 0.356 e. The number of hydrogen-bond donors (Lipinski definition) is 1. The molecule has 1 spiro atoms. The third kappa shape index (κ3) is 3.36. The zero-order valence-electron chi connectivity index (χ0n) is 16.3. The number of aromatic nitrogens is 4. The van der Waals surface area contributed by atoms with Crippen LogP contribution in [0.25, 0.3) is 22.3 Å². The van der Waals surface area contributed by atoms with Crippen molar-refractivity contribution in [3.63, 3.8) is 0 Å². The third-order valence-electron chi connectivity index (χ3n) is 6.29. The summed E-state index contributed by atoms with van der Waals surface area (Å²) in [4.78, 5) is 18.8. The van der Waals surface area contributed by atoms with Gasteiger partial charge in [-0.1, -0.05) is 0 Å². The van der Waals surface area contributed by atoms with Crippen molar-refractivity contribution in [3.8, 4) is 11.4 Å². The molecule has 156 valence electrons. The van der Waals surface area contributed by atoms with Crippen LogP contribution in [0.2, 0.25) is 0 Å². The highest BCUT2D eigenvalue weighted by molar-refractivity contribution is 5.93. The second-order valence-corrected chi connectivity index (χ2v) is 8.10. The Morgan fingerprint density at radius 1 is 0.967 bits per heavy atom. The maximum Gasteiger partial charge on any atom is 0.418 e. The molecule has 0 amide bonds.